The Kier molecular flexibility index (Phi) is 4.82. The second-order valence-corrected chi connectivity index (χ2v) is 5.63. The van der Waals surface area contributed by atoms with E-state index < -0.39 is 0 Å². The van der Waals surface area contributed by atoms with E-state index in [0.29, 0.717) is 37.6 Å². The Hall–Kier alpha value is -1.07. The zero-order valence-corrected chi connectivity index (χ0v) is 12.8. The number of amides is 1. The van der Waals surface area contributed by atoms with Crippen molar-refractivity contribution in [2.24, 2.45) is 0 Å². The topological polar surface area (TPSA) is 38.8 Å². The second kappa shape index (κ2) is 6.39. The lowest BCUT2D eigenvalue weighted by molar-refractivity contribution is 0.0299. The van der Waals surface area contributed by atoms with E-state index in [1.807, 2.05) is 26.0 Å². The predicted molar refractivity (Wildman–Crippen MR) is 76.6 cm³/mol. The van der Waals surface area contributed by atoms with Gasteiger partial charge in [0.05, 0.1) is 24.9 Å². The lowest BCUT2D eigenvalue weighted by Crippen LogP contribution is -2.40. The third-order valence-electron chi connectivity index (χ3n) is 2.84. The summed E-state index contributed by atoms with van der Waals surface area (Å²) >= 11 is 3.41. The molecule has 0 saturated carbocycles. The van der Waals surface area contributed by atoms with Crippen LogP contribution in [0, 0.1) is 0 Å². The molecule has 0 aliphatic carbocycles. The Morgan fingerprint density at radius 3 is 2.68 bits per heavy atom. The van der Waals surface area contributed by atoms with Crippen molar-refractivity contribution in [1.82, 2.24) is 4.90 Å². The first-order valence-corrected chi connectivity index (χ1v) is 7.20. The Labute approximate surface area is 121 Å². The van der Waals surface area contributed by atoms with Crippen molar-refractivity contribution >= 4 is 21.8 Å². The third-order valence-corrected chi connectivity index (χ3v) is 3.33. The largest absolute Gasteiger partial charge is 0.490 e. The molecule has 1 aliphatic heterocycles. The first-order chi connectivity index (χ1) is 9.08. The van der Waals surface area contributed by atoms with Crippen molar-refractivity contribution in [2.45, 2.75) is 20.0 Å². The quantitative estimate of drug-likeness (QED) is 0.856. The van der Waals surface area contributed by atoms with E-state index in [1.54, 1.807) is 11.0 Å². The van der Waals surface area contributed by atoms with Crippen LogP contribution in [-0.4, -0.2) is 43.2 Å². The summed E-state index contributed by atoms with van der Waals surface area (Å²) in [6.07, 6.45) is 0.0329. The Bertz CT molecular complexity index is 456. The number of hydrogen-bond acceptors (Lipinski definition) is 3. The lowest BCUT2D eigenvalue weighted by atomic mass is 10.1. The molecule has 1 saturated heterocycles. The number of hydrogen-bond donors (Lipinski definition) is 0. The standard InChI is InChI=1S/C14H18BrNO3/c1-10(2)19-13-9-11(15)3-4-12(13)14(17)16-5-7-18-8-6-16/h3-4,9-10H,5-8H2,1-2H3. The molecule has 0 aromatic heterocycles. The van der Waals surface area contributed by atoms with Crippen LogP contribution in [0.4, 0.5) is 0 Å². The molecule has 5 heteroatoms. The van der Waals surface area contributed by atoms with Gasteiger partial charge < -0.3 is 14.4 Å². The van der Waals surface area contributed by atoms with Crippen LogP contribution in [0.15, 0.2) is 22.7 Å². The normalized spacial score (nSPS) is 15.7. The van der Waals surface area contributed by atoms with Gasteiger partial charge in [0.2, 0.25) is 0 Å². The van der Waals surface area contributed by atoms with E-state index in [1.165, 1.54) is 0 Å². The number of carbonyl (C=O) groups excluding carboxylic acids is 1. The molecule has 1 aromatic rings. The third kappa shape index (κ3) is 3.70. The van der Waals surface area contributed by atoms with Crippen molar-refractivity contribution in [2.75, 3.05) is 26.3 Å². The predicted octanol–water partition coefficient (Wildman–Crippen LogP) is 2.71. The maximum atomic E-state index is 12.5. The number of rotatable bonds is 3. The van der Waals surface area contributed by atoms with Crippen LogP contribution in [0.25, 0.3) is 0 Å². The van der Waals surface area contributed by atoms with Gasteiger partial charge >= 0.3 is 0 Å². The number of morpholine rings is 1. The molecular weight excluding hydrogens is 310 g/mol. The molecule has 1 fully saturated rings. The van der Waals surface area contributed by atoms with Gasteiger partial charge in [0, 0.05) is 17.6 Å². The average Bonchev–Trinajstić information content (AvgIpc) is 2.38. The molecule has 4 nitrogen and oxygen atoms in total. The van der Waals surface area contributed by atoms with Crippen LogP contribution in [0.3, 0.4) is 0 Å². The SMILES string of the molecule is CC(C)Oc1cc(Br)ccc1C(=O)N1CCOCC1. The van der Waals surface area contributed by atoms with E-state index in [0.717, 1.165) is 4.47 Å². The van der Waals surface area contributed by atoms with Gasteiger partial charge in [0.25, 0.3) is 5.91 Å². The molecule has 0 radical (unpaired) electrons. The first-order valence-electron chi connectivity index (χ1n) is 6.41. The second-order valence-electron chi connectivity index (χ2n) is 4.71. The monoisotopic (exact) mass is 327 g/mol. The highest BCUT2D eigenvalue weighted by Gasteiger charge is 2.22. The Morgan fingerprint density at radius 1 is 1.37 bits per heavy atom. The maximum absolute atomic E-state index is 12.5. The number of benzene rings is 1. The molecule has 1 amide bonds. The maximum Gasteiger partial charge on any atom is 0.257 e. The van der Waals surface area contributed by atoms with E-state index in [-0.39, 0.29) is 12.0 Å². The molecule has 2 rings (SSSR count). The van der Waals surface area contributed by atoms with E-state index in [4.69, 9.17) is 9.47 Å². The molecule has 0 N–H and O–H groups in total. The summed E-state index contributed by atoms with van der Waals surface area (Å²) in [6.45, 7) is 6.37. The molecular formula is C14H18BrNO3. The minimum absolute atomic E-state index is 0.00597. The average molecular weight is 328 g/mol. The van der Waals surface area contributed by atoms with Crippen LogP contribution in [0.1, 0.15) is 24.2 Å². The van der Waals surface area contributed by atoms with Gasteiger partial charge in [-0.3, -0.25) is 4.79 Å². The molecule has 0 bridgehead atoms. The number of halogens is 1. The summed E-state index contributed by atoms with van der Waals surface area (Å²) in [7, 11) is 0. The lowest BCUT2D eigenvalue weighted by Gasteiger charge is -2.27. The number of nitrogens with zero attached hydrogens (tertiary/aromatic N) is 1. The van der Waals surface area contributed by atoms with E-state index in [2.05, 4.69) is 15.9 Å². The van der Waals surface area contributed by atoms with E-state index >= 15 is 0 Å². The number of carbonyl (C=O) groups is 1. The molecule has 1 heterocycles. The molecule has 0 spiro atoms. The highest BCUT2D eigenvalue weighted by Crippen LogP contribution is 2.26. The van der Waals surface area contributed by atoms with Gasteiger partial charge in [0.15, 0.2) is 0 Å². The summed E-state index contributed by atoms with van der Waals surface area (Å²) < 4.78 is 11.9. The minimum atomic E-state index is 0.00597. The zero-order valence-electron chi connectivity index (χ0n) is 11.2. The van der Waals surface area contributed by atoms with Crippen molar-refractivity contribution in [3.63, 3.8) is 0 Å². The zero-order chi connectivity index (χ0) is 13.8. The highest BCUT2D eigenvalue weighted by atomic mass is 79.9. The van der Waals surface area contributed by atoms with Gasteiger partial charge in [-0.15, -0.1) is 0 Å². The van der Waals surface area contributed by atoms with Gasteiger partial charge in [0.1, 0.15) is 5.75 Å². The van der Waals surface area contributed by atoms with Crippen molar-refractivity contribution in [3.05, 3.63) is 28.2 Å². The van der Waals surface area contributed by atoms with Gasteiger partial charge in [-0.25, -0.2) is 0 Å². The molecule has 19 heavy (non-hydrogen) atoms. The fourth-order valence-electron chi connectivity index (χ4n) is 1.96. The van der Waals surface area contributed by atoms with Crippen LogP contribution >= 0.6 is 15.9 Å². The van der Waals surface area contributed by atoms with Crippen LogP contribution in [-0.2, 0) is 4.74 Å². The van der Waals surface area contributed by atoms with Gasteiger partial charge in [-0.05, 0) is 32.0 Å². The fraction of sp³-hybridized carbons (Fsp3) is 0.500. The molecule has 1 aliphatic rings. The van der Waals surface area contributed by atoms with Crippen molar-refractivity contribution in [3.8, 4) is 5.75 Å². The summed E-state index contributed by atoms with van der Waals surface area (Å²) in [5.74, 6) is 0.632. The molecule has 0 unspecified atom stereocenters. The summed E-state index contributed by atoms with van der Waals surface area (Å²) in [6, 6.07) is 5.51. The van der Waals surface area contributed by atoms with E-state index in [9.17, 15) is 4.79 Å². The summed E-state index contributed by atoms with van der Waals surface area (Å²) in [5, 5.41) is 0. The van der Waals surface area contributed by atoms with Crippen molar-refractivity contribution < 1.29 is 14.3 Å². The van der Waals surface area contributed by atoms with Crippen molar-refractivity contribution in [1.29, 1.82) is 0 Å². The van der Waals surface area contributed by atoms with Crippen LogP contribution < -0.4 is 4.74 Å². The molecule has 1 aromatic carbocycles. The Balaban J connectivity index is 2.24. The molecule has 104 valence electrons. The fourth-order valence-corrected chi connectivity index (χ4v) is 2.30. The van der Waals surface area contributed by atoms with Crippen LogP contribution in [0.5, 0.6) is 5.75 Å². The van der Waals surface area contributed by atoms with Crippen LogP contribution in [0.2, 0.25) is 0 Å². The summed E-state index contributed by atoms with van der Waals surface area (Å²) in [4.78, 5) is 14.3. The number of ether oxygens (including phenoxy) is 2. The summed E-state index contributed by atoms with van der Waals surface area (Å²) in [5.41, 5.74) is 0.610. The highest BCUT2D eigenvalue weighted by molar-refractivity contribution is 9.10. The van der Waals surface area contributed by atoms with Gasteiger partial charge in [-0.1, -0.05) is 15.9 Å². The Morgan fingerprint density at radius 2 is 2.05 bits per heavy atom. The first kappa shape index (κ1) is 14.3. The molecule has 0 atom stereocenters. The minimum Gasteiger partial charge on any atom is -0.490 e. The smallest absolute Gasteiger partial charge is 0.257 e. The van der Waals surface area contributed by atoms with Gasteiger partial charge in [-0.2, -0.15) is 0 Å².